The van der Waals surface area contributed by atoms with Gasteiger partial charge in [0.05, 0.1) is 15.4 Å². The number of aromatic nitrogens is 1. The third-order valence-corrected chi connectivity index (χ3v) is 4.37. The molecule has 8 heteroatoms. The average Bonchev–Trinajstić information content (AvgIpc) is 2.80. The number of rotatable bonds is 4. The van der Waals surface area contributed by atoms with Crippen molar-refractivity contribution < 1.29 is 9.31 Å². The minimum atomic E-state index is -0.555. The van der Waals surface area contributed by atoms with Gasteiger partial charge in [0, 0.05) is 23.2 Å². The number of nitrogens with zero attached hydrogens (tertiary/aromatic N) is 2. The van der Waals surface area contributed by atoms with Crippen LogP contribution in [-0.4, -0.2) is 9.91 Å². The third kappa shape index (κ3) is 3.13. The van der Waals surface area contributed by atoms with E-state index >= 15 is 0 Å². The normalized spacial score (nSPS) is 12.2. The van der Waals surface area contributed by atoms with E-state index in [2.05, 4.69) is 26.2 Å². The molecular weight excluding hydrogens is 349 g/mol. The molecule has 0 bridgehead atoms. The minimum absolute atomic E-state index is 0.0625. The lowest BCUT2D eigenvalue weighted by Gasteiger charge is -2.13. The van der Waals surface area contributed by atoms with Crippen molar-refractivity contribution >= 4 is 38.6 Å². The van der Waals surface area contributed by atoms with Gasteiger partial charge in [-0.05, 0) is 29.8 Å². The number of halogens is 2. The van der Waals surface area contributed by atoms with Crippen LogP contribution >= 0.6 is 27.3 Å². The number of nitro groups is 1. The Morgan fingerprint density at radius 3 is 2.80 bits per heavy atom. The van der Waals surface area contributed by atoms with Crippen molar-refractivity contribution in [2.45, 2.75) is 19.9 Å². The summed E-state index contributed by atoms with van der Waals surface area (Å²) in [5, 5.41) is 16.6. The van der Waals surface area contributed by atoms with E-state index in [9.17, 15) is 14.5 Å². The zero-order valence-corrected chi connectivity index (χ0v) is 13.1. The first-order chi connectivity index (χ1) is 9.38. The molecule has 0 aliphatic rings. The van der Waals surface area contributed by atoms with Crippen LogP contribution in [-0.2, 0) is 0 Å². The molecule has 0 aliphatic carbocycles. The fraction of sp³-hybridized carbons (Fsp3) is 0.250. The lowest BCUT2D eigenvalue weighted by Crippen LogP contribution is -2.08. The standard InChI is InChI=1S/C12H11BrFN3O2S/c1-6-5-20-12(15-6)7(2)16-10-4-9(14)8(13)3-11(10)17(18)19/h3-5,7,16H,1-2H3. The molecule has 1 aromatic carbocycles. The van der Waals surface area contributed by atoms with Gasteiger partial charge in [-0.25, -0.2) is 9.37 Å². The summed E-state index contributed by atoms with van der Waals surface area (Å²) in [6, 6.07) is 2.02. The van der Waals surface area contributed by atoms with Gasteiger partial charge in [-0.1, -0.05) is 0 Å². The van der Waals surface area contributed by atoms with E-state index in [0.29, 0.717) is 0 Å². The third-order valence-electron chi connectivity index (χ3n) is 2.61. The maximum atomic E-state index is 13.6. The molecule has 1 unspecified atom stereocenters. The van der Waals surface area contributed by atoms with Gasteiger partial charge in [0.25, 0.3) is 5.69 Å². The monoisotopic (exact) mass is 359 g/mol. The number of nitro benzene ring substituents is 1. The van der Waals surface area contributed by atoms with E-state index in [-0.39, 0.29) is 21.9 Å². The number of hydrogen-bond donors (Lipinski definition) is 1. The summed E-state index contributed by atoms with van der Waals surface area (Å²) in [4.78, 5) is 14.8. The molecule has 1 heterocycles. The fourth-order valence-corrected chi connectivity index (χ4v) is 2.80. The zero-order valence-electron chi connectivity index (χ0n) is 10.7. The summed E-state index contributed by atoms with van der Waals surface area (Å²) in [6.45, 7) is 3.69. The molecule has 106 valence electrons. The summed E-state index contributed by atoms with van der Waals surface area (Å²) in [5.74, 6) is -0.555. The molecule has 5 nitrogen and oxygen atoms in total. The first-order valence-corrected chi connectivity index (χ1v) is 7.37. The molecular formula is C12H11BrFN3O2S. The maximum absolute atomic E-state index is 13.6. The highest BCUT2D eigenvalue weighted by atomic mass is 79.9. The van der Waals surface area contributed by atoms with Gasteiger partial charge >= 0.3 is 0 Å². The molecule has 0 amide bonds. The van der Waals surface area contributed by atoms with Gasteiger partial charge in [-0.2, -0.15) is 0 Å². The van der Waals surface area contributed by atoms with Gasteiger partial charge in [-0.15, -0.1) is 11.3 Å². The van der Waals surface area contributed by atoms with Gasteiger partial charge in [0.15, 0.2) is 0 Å². The average molecular weight is 360 g/mol. The first kappa shape index (κ1) is 14.9. The predicted molar refractivity (Wildman–Crippen MR) is 79.6 cm³/mol. The number of anilines is 1. The van der Waals surface area contributed by atoms with Crippen molar-refractivity contribution in [3.63, 3.8) is 0 Å². The second-order valence-electron chi connectivity index (χ2n) is 4.23. The van der Waals surface area contributed by atoms with Crippen LogP contribution in [0.3, 0.4) is 0 Å². The van der Waals surface area contributed by atoms with Crippen LogP contribution in [0.5, 0.6) is 0 Å². The summed E-state index contributed by atoms with van der Waals surface area (Å²) in [5.41, 5.74) is 0.838. The highest BCUT2D eigenvalue weighted by Crippen LogP contribution is 2.33. The molecule has 0 saturated heterocycles. The lowest BCUT2D eigenvalue weighted by molar-refractivity contribution is -0.384. The van der Waals surface area contributed by atoms with E-state index < -0.39 is 10.7 Å². The highest BCUT2D eigenvalue weighted by Gasteiger charge is 2.20. The Morgan fingerprint density at radius 1 is 1.55 bits per heavy atom. The molecule has 2 aromatic rings. The smallest absolute Gasteiger partial charge is 0.293 e. The SMILES string of the molecule is Cc1csc(C(C)Nc2cc(F)c(Br)cc2[N+](=O)[O-])n1. The highest BCUT2D eigenvalue weighted by molar-refractivity contribution is 9.10. The maximum Gasteiger partial charge on any atom is 0.293 e. The van der Waals surface area contributed by atoms with Gasteiger partial charge in [0.2, 0.25) is 0 Å². The van der Waals surface area contributed by atoms with Gasteiger partial charge in [-0.3, -0.25) is 10.1 Å². The van der Waals surface area contributed by atoms with Crippen LogP contribution < -0.4 is 5.32 Å². The first-order valence-electron chi connectivity index (χ1n) is 5.70. The number of hydrogen-bond acceptors (Lipinski definition) is 5. The van der Waals surface area contributed by atoms with E-state index in [0.717, 1.165) is 22.8 Å². The van der Waals surface area contributed by atoms with Crippen LogP contribution in [0.2, 0.25) is 0 Å². The van der Waals surface area contributed by atoms with Crippen molar-refractivity contribution in [3.8, 4) is 0 Å². The predicted octanol–water partition coefficient (Wildman–Crippen LogP) is 4.43. The summed E-state index contributed by atoms with van der Waals surface area (Å²) in [7, 11) is 0. The van der Waals surface area contributed by atoms with Gasteiger partial charge < -0.3 is 5.32 Å². The van der Waals surface area contributed by atoms with Crippen LogP contribution in [0.15, 0.2) is 22.0 Å². The number of thiazole rings is 1. The van der Waals surface area contributed by atoms with Crippen LogP contribution in [0.25, 0.3) is 0 Å². The lowest BCUT2D eigenvalue weighted by atomic mass is 10.2. The molecule has 0 aliphatic heterocycles. The Labute approximate surface area is 127 Å². The number of benzene rings is 1. The molecule has 1 atom stereocenters. The van der Waals surface area contributed by atoms with Crippen LogP contribution in [0, 0.1) is 22.9 Å². The van der Waals surface area contributed by atoms with Crippen molar-refractivity contribution in [3.05, 3.63) is 48.6 Å². The fourth-order valence-electron chi connectivity index (χ4n) is 1.67. The van der Waals surface area contributed by atoms with Crippen molar-refractivity contribution in [2.24, 2.45) is 0 Å². The summed E-state index contributed by atoms with van der Waals surface area (Å²) < 4.78 is 13.6. The second kappa shape index (κ2) is 5.84. The van der Waals surface area contributed by atoms with E-state index in [1.807, 2.05) is 19.2 Å². The van der Waals surface area contributed by atoms with Crippen molar-refractivity contribution in [1.29, 1.82) is 0 Å². The van der Waals surface area contributed by atoms with Crippen molar-refractivity contribution in [1.82, 2.24) is 4.98 Å². The molecule has 2 rings (SSSR count). The van der Waals surface area contributed by atoms with Crippen LogP contribution in [0.1, 0.15) is 23.7 Å². The molecule has 0 radical (unpaired) electrons. The second-order valence-corrected chi connectivity index (χ2v) is 5.98. The molecule has 0 saturated carbocycles. The van der Waals surface area contributed by atoms with Gasteiger partial charge in [0.1, 0.15) is 16.5 Å². The largest absolute Gasteiger partial charge is 0.370 e. The quantitative estimate of drug-likeness (QED) is 0.647. The van der Waals surface area contributed by atoms with Crippen LogP contribution in [0.4, 0.5) is 15.8 Å². The molecule has 1 N–H and O–H groups in total. The number of aryl methyl sites for hydroxylation is 1. The molecule has 20 heavy (non-hydrogen) atoms. The Hall–Kier alpha value is -1.54. The summed E-state index contributed by atoms with van der Waals surface area (Å²) >= 11 is 4.40. The zero-order chi connectivity index (χ0) is 14.9. The number of nitrogens with one attached hydrogen (secondary N) is 1. The Balaban J connectivity index is 2.33. The van der Waals surface area contributed by atoms with E-state index in [4.69, 9.17) is 0 Å². The van der Waals surface area contributed by atoms with E-state index in [1.54, 1.807) is 0 Å². The minimum Gasteiger partial charge on any atom is -0.370 e. The molecule has 1 aromatic heterocycles. The topological polar surface area (TPSA) is 68.1 Å². The summed E-state index contributed by atoms with van der Waals surface area (Å²) in [6.07, 6.45) is 0. The Morgan fingerprint density at radius 2 is 2.25 bits per heavy atom. The van der Waals surface area contributed by atoms with Crippen molar-refractivity contribution in [2.75, 3.05) is 5.32 Å². The molecule has 0 fully saturated rings. The Bertz CT molecular complexity index is 662. The Kier molecular flexibility index (Phi) is 4.34. The van der Waals surface area contributed by atoms with E-state index in [1.165, 1.54) is 11.3 Å². The molecule has 0 spiro atoms.